The van der Waals surface area contributed by atoms with Gasteiger partial charge in [0.2, 0.25) is 0 Å². The first-order valence-corrected chi connectivity index (χ1v) is 5.62. The van der Waals surface area contributed by atoms with Gasteiger partial charge in [0.05, 0.1) is 0 Å². The quantitative estimate of drug-likeness (QED) is 0.762. The average Bonchev–Trinajstić information content (AvgIpc) is 2.62. The molecule has 4 nitrogen and oxygen atoms in total. The van der Waals surface area contributed by atoms with Crippen molar-refractivity contribution in [2.75, 3.05) is 0 Å². The Kier molecular flexibility index (Phi) is 3.05. The standard InChI is InChI=1S/C11H11N3OS/c1-8-12-13-11(14(8)2)16-10-6-4-3-5-9(10)7-15/h3-7H,1-2H3. The lowest BCUT2D eigenvalue weighted by atomic mass is 10.2. The number of aryl methyl sites for hydroxylation is 1. The Bertz CT molecular complexity index is 522. The van der Waals surface area contributed by atoms with E-state index in [4.69, 9.17) is 0 Å². The van der Waals surface area contributed by atoms with Gasteiger partial charge in [-0.3, -0.25) is 4.79 Å². The average molecular weight is 233 g/mol. The van der Waals surface area contributed by atoms with Crippen LogP contribution in [0.1, 0.15) is 16.2 Å². The molecule has 0 saturated heterocycles. The molecular formula is C11H11N3OS. The van der Waals surface area contributed by atoms with Crippen molar-refractivity contribution in [2.24, 2.45) is 7.05 Å². The van der Waals surface area contributed by atoms with Crippen LogP contribution in [0.4, 0.5) is 0 Å². The molecule has 1 aromatic heterocycles. The highest BCUT2D eigenvalue weighted by Gasteiger charge is 2.09. The van der Waals surface area contributed by atoms with Crippen molar-refractivity contribution in [3.8, 4) is 0 Å². The fourth-order valence-corrected chi connectivity index (χ4v) is 2.17. The van der Waals surface area contributed by atoms with Crippen molar-refractivity contribution in [2.45, 2.75) is 17.0 Å². The van der Waals surface area contributed by atoms with E-state index in [0.29, 0.717) is 5.56 Å². The molecule has 0 amide bonds. The van der Waals surface area contributed by atoms with Crippen molar-refractivity contribution >= 4 is 18.0 Å². The van der Waals surface area contributed by atoms with Crippen molar-refractivity contribution in [1.82, 2.24) is 14.8 Å². The van der Waals surface area contributed by atoms with E-state index in [1.54, 1.807) is 6.07 Å². The molecule has 1 heterocycles. The van der Waals surface area contributed by atoms with E-state index in [1.807, 2.05) is 36.7 Å². The van der Waals surface area contributed by atoms with Gasteiger partial charge in [-0.25, -0.2) is 0 Å². The van der Waals surface area contributed by atoms with Gasteiger partial charge >= 0.3 is 0 Å². The Morgan fingerprint density at radius 3 is 2.69 bits per heavy atom. The predicted molar refractivity (Wildman–Crippen MR) is 61.7 cm³/mol. The van der Waals surface area contributed by atoms with Crippen LogP contribution < -0.4 is 0 Å². The first-order chi connectivity index (χ1) is 7.72. The molecule has 0 aliphatic heterocycles. The van der Waals surface area contributed by atoms with Gasteiger partial charge < -0.3 is 4.57 Å². The molecule has 0 aliphatic rings. The van der Waals surface area contributed by atoms with Crippen molar-refractivity contribution < 1.29 is 4.79 Å². The molecule has 0 N–H and O–H groups in total. The second-order valence-corrected chi connectivity index (χ2v) is 4.36. The van der Waals surface area contributed by atoms with Crippen LogP contribution in [-0.2, 0) is 7.05 Å². The normalized spacial score (nSPS) is 10.4. The van der Waals surface area contributed by atoms with Crippen LogP contribution in [0.15, 0.2) is 34.3 Å². The first-order valence-electron chi connectivity index (χ1n) is 4.80. The molecule has 0 aliphatic carbocycles. The van der Waals surface area contributed by atoms with Crippen molar-refractivity contribution in [3.05, 3.63) is 35.7 Å². The van der Waals surface area contributed by atoms with Gasteiger partial charge in [-0.05, 0) is 24.8 Å². The summed E-state index contributed by atoms with van der Waals surface area (Å²) >= 11 is 1.44. The summed E-state index contributed by atoms with van der Waals surface area (Å²) in [5, 5.41) is 8.80. The van der Waals surface area contributed by atoms with Crippen LogP contribution in [0.5, 0.6) is 0 Å². The number of nitrogens with zero attached hydrogens (tertiary/aromatic N) is 3. The maximum atomic E-state index is 10.9. The number of benzene rings is 1. The summed E-state index contributed by atoms with van der Waals surface area (Å²) < 4.78 is 1.90. The van der Waals surface area contributed by atoms with Gasteiger partial charge in [-0.15, -0.1) is 10.2 Å². The third kappa shape index (κ3) is 1.99. The Hall–Kier alpha value is -1.62. The van der Waals surface area contributed by atoms with Crippen molar-refractivity contribution in [3.63, 3.8) is 0 Å². The van der Waals surface area contributed by atoms with E-state index in [1.165, 1.54) is 11.8 Å². The maximum absolute atomic E-state index is 10.9. The molecule has 1 aromatic carbocycles. The fraction of sp³-hybridized carbons (Fsp3) is 0.182. The van der Waals surface area contributed by atoms with Crippen LogP contribution in [-0.4, -0.2) is 21.1 Å². The summed E-state index contributed by atoms with van der Waals surface area (Å²) in [6, 6.07) is 7.44. The maximum Gasteiger partial charge on any atom is 0.195 e. The number of hydrogen-bond acceptors (Lipinski definition) is 4. The molecule has 16 heavy (non-hydrogen) atoms. The molecule has 82 valence electrons. The van der Waals surface area contributed by atoms with Crippen LogP contribution in [0.2, 0.25) is 0 Å². The molecule has 0 fully saturated rings. The van der Waals surface area contributed by atoms with Gasteiger partial charge in [0.15, 0.2) is 11.4 Å². The SMILES string of the molecule is Cc1nnc(Sc2ccccc2C=O)n1C. The highest BCUT2D eigenvalue weighted by atomic mass is 32.2. The highest BCUT2D eigenvalue weighted by molar-refractivity contribution is 7.99. The van der Waals surface area contributed by atoms with Crippen LogP contribution in [0.3, 0.4) is 0 Å². The predicted octanol–water partition coefficient (Wildman–Crippen LogP) is 2.09. The zero-order valence-electron chi connectivity index (χ0n) is 9.04. The number of rotatable bonds is 3. The van der Waals surface area contributed by atoms with Crippen LogP contribution >= 0.6 is 11.8 Å². The molecule has 0 radical (unpaired) electrons. The summed E-state index contributed by atoms with van der Waals surface area (Å²) in [7, 11) is 1.90. The lowest BCUT2D eigenvalue weighted by molar-refractivity contribution is 0.112. The summed E-state index contributed by atoms with van der Waals surface area (Å²) in [5.41, 5.74) is 0.674. The molecular weight excluding hydrogens is 222 g/mol. The number of carbonyl (C=O) groups excluding carboxylic acids is 1. The smallest absolute Gasteiger partial charge is 0.195 e. The van der Waals surface area contributed by atoms with E-state index >= 15 is 0 Å². The zero-order valence-corrected chi connectivity index (χ0v) is 9.86. The van der Waals surface area contributed by atoms with Crippen LogP contribution in [0.25, 0.3) is 0 Å². The molecule has 0 atom stereocenters. The largest absolute Gasteiger partial charge is 0.309 e. The molecule has 2 aromatic rings. The second-order valence-electron chi connectivity index (χ2n) is 3.35. The highest BCUT2D eigenvalue weighted by Crippen LogP contribution is 2.28. The summed E-state index contributed by atoms with van der Waals surface area (Å²) in [6.45, 7) is 1.89. The number of hydrogen-bond donors (Lipinski definition) is 0. The number of aldehydes is 1. The molecule has 0 saturated carbocycles. The van der Waals surface area contributed by atoms with E-state index < -0.39 is 0 Å². The van der Waals surface area contributed by atoms with Crippen molar-refractivity contribution in [1.29, 1.82) is 0 Å². The molecule has 0 spiro atoms. The summed E-state index contributed by atoms with van der Waals surface area (Å²) in [5.74, 6) is 0.853. The lowest BCUT2D eigenvalue weighted by Gasteiger charge is -2.03. The molecule has 5 heteroatoms. The minimum atomic E-state index is 0.674. The minimum Gasteiger partial charge on any atom is -0.309 e. The van der Waals surface area contributed by atoms with Crippen LogP contribution in [0, 0.1) is 6.92 Å². The van der Waals surface area contributed by atoms with Gasteiger partial charge in [-0.2, -0.15) is 0 Å². The Balaban J connectivity index is 2.33. The Labute approximate surface area is 97.7 Å². The fourth-order valence-electron chi connectivity index (χ4n) is 1.25. The first kappa shape index (κ1) is 10.9. The van der Waals surface area contributed by atoms with E-state index in [0.717, 1.165) is 22.2 Å². The Morgan fingerprint density at radius 1 is 1.31 bits per heavy atom. The van der Waals surface area contributed by atoms with Gasteiger partial charge in [0.1, 0.15) is 5.82 Å². The van der Waals surface area contributed by atoms with Gasteiger partial charge in [0.25, 0.3) is 0 Å². The summed E-state index contributed by atoms with van der Waals surface area (Å²) in [4.78, 5) is 11.7. The Morgan fingerprint density at radius 2 is 2.06 bits per heavy atom. The number of aromatic nitrogens is 3. The second kappa shape index (κ2) is 4.49. The van der Waals surface area contributed by atoms with Gasteiger partial charge in [-0.1, -0.05) is 18.2 Å². The minimum absolute atomic E-state index is 0.674. The third-order valence-electron chi connectivity index (χ3n) is 2.30. The lowest BCUT2D eigenvalue weighted by Crippen LogP contribution is -1.94. The third-order valence-corrected chi connectivity index (χ3v) is 3.43. The number of carbonyl (C=O) groups is 1. The topological polar surface area (TPSA) is 47.8 Å². The van der Waals surface area contributed by atoms with E-state index in [-0.39, 0.29) is 0 Å². The molecule has 0 unspecified atom stereocenters. The van der Waals surface area contributed by atoms with Gasteiger partial charge in [0, 0.05) is 17.5 Å². The van der Waals surface area contributed by atoms with E-state index in [9.17, 15) is 4.79 Å². The molecule has 2 rings (SSSR count). The monoisotopic (exact) mass is 233 g/mol. The van der Waals surface area contributed by atoms with E-state index in [2.05, 4.69) is 10.2 Å². The molecule has 0 bridgehead atoms. The zero-order chi connectivity index (χ0) is 11.5. The summed E-state index contributed by atoms with van der Waals surface area (Å²) in [6.07, 6.45) is 0.853.